The Balaban J connectivity index is 1.51. The van der Waals surface area contributed by atoms with E-state index in [-0.39, 0.29) is 35.5 Å². The highest BCUT2D eigenvalue weighted by molar-refractivity contribution is 5.94. The van der Waals surface area contributed by atoms with Crippen LogP contribution in [0.3, 0.4) is 0 Å². The third-order valence-corrected chi connectivity index (χ3v) is 6.24. The Kier molecular flexibility index (Phi) is 8.75. The molecule has 0 fully saturated rings. The van der Waals surface area contributed by atoms with Crippen molar-refractivity contribution in [3.05, 3.63) is 121 Å². The molecule has 2 aromatic carbocycles. The molecule has 0 aliphatic heterocycles. The molecule has 10 heteroatoms. The summed E-state index contributed by atoms with van der Waals surface area (Å²) in [5.41, 5.74) is 3.37. The van der Waals surface area contributed by atoms with Crippen LogP contribution in [0, 0.1) is 0 Å². The molecule has 1 amide bonds. The normalized spacial score (nSPS) is 11.2. The van der Waals surface area contributed by atoms with Crippen molar-refractivity contribution in [3.8, 4) is 0 Å². The first-order valence-corrected chi connectivity index (χ1v) is 11.9. The van der Waals surface area contributed by atoms with Crippen molar-refractivity contribution < 1.29 is 22.7 Å². The largest absolute Gasteiger partial charge is 0.378 e. The summed E-state index contributed by atoms with van der Waals surface area (Å²) in [4.78, 5) is 27.7. The number of nitrogens with one attached hydrogen (secondary N) is 3. The van der Waals surface area contributed by atoms with Gasteiger partial charge in [-0.05, 0) is 28.3 Å². The van der Waals surface area contributed by atoms with Crippen LogP contribution in [-0.4, -0.2) is 28.2 Å². The van der Waals surface area contributed by atoms with E-state index in [1.807, 2.05) is 24.3 Å². The minimum absolute atomic E-state index is 0.102. The zero-order valence-electron chi connectivity index (χ0n) is 20.7. The maximum absolute atomic E-state index is 13.6. The molecule has 2 aromatic heterocycles. The van der Waals surface area contributed by atoms with E-state index in [0.717, 1.165) is 11.1 Å². The van der Waals surface area contributed by atoms with Crippen molar-refractivity contribution in [2.75, 3.05) is 7.11 Å². The third kappa shape index (κ3) is 6.20. The quantitative estimate of drug-likeness (QED) is 0.263. The molecule has 0 saturated heterocycles. The maximum Gasteiger partial charge on any atom is 0.272 e. The van der Waals surface area contributed by atoms with Gasteiger partial charge in [-0.2, -0.15) is 5.10 Å². The van der Waals surface area contributed by atoms with Crippen LogP contribution in [-0.2, 0) is 37.4 Å². The predicted octanol–water partition coefficient (Wildman–Crippen LogP) is 4.76. The number of amides is 1. The Morgan fingerprint density at radius 2 is 1.68 bits per heavy atom. The van der Waals surface area contributed by atoms with Crippen LogP contribution < -0.4 is 10.9 Å². The second-order valence-electron chi connectivity index (χ2n) is 8.76. The van der Waals surface area contributed by atoms with Crippen molar-refractivity contribution in [3.63, 3.8) is 0 Å². The third-order valence-electron chi connectivity index (χ3n) is 6.24. The summed E-state index contributed by atoms with van der Waals surface area (Å²) in [5, 5.41) is 9.62. The fourth-order valence-electron chi connectivity index (χ4n) is 4.31. The number of hydrogen-bond acceptors (Lipinski definition) is 4. The number of pyridine rings is 1. The molecule has 0 spiro atoms. The molecule has 0 bridgehead atoms. The van der Waals surface area contributed by atoms with Crippen LogP contribution >= 0.6 is 0 Å². The van der Waals surface area contributed by atoms with Gasteiger partial charge in [0.05, 0.1) is 12.3 Å². The zero-order chi connectivity index (χ0) is 27.1. The molecule has 0 aliphatic carbocycles. The van der Waals surface area contributed by atoms with Crippen molar-refractivity contribution in [1.82, 2.24) is 20.5 Å². The Labute approximate surface area is 217 Å². The Bertz CT molecular complexity index is 1450. The van der Waals surface area contributed by atoms with Gasteiger partial charge in [-0.3, -0.25) is 14.7 Å². The number of benzene rings is 2. The molecule has 0 unspecified atom stereocenters. The van der Waals surface area contributed by atoms with Crippen molar-refractivity contribution in [2.24, 2.45) is 0 Å². The van der Waals surface area contributed by atoms with E-state index in [0.29, 0.717) is 29.7 Å². The van der Waals surface area contributed by atoms with Gasteiger partial charge in [0.1, 0.15) is 6.67 Å². The first kappa shape index (κ1) is 26.9. The van der Waals surface area contributed by atoms with Crippen LogP contribution in [0.4, 0.5) is 13.2 Å². The summed E-state index contributed by atoms with van der Waals surface area (Å²) in [5.74, 6) is -0.551. The van der Waals surface area contributed by atoms with Crippen LogP contribution in [0.25, 0.3) is 0 Å². The molecule has 0 aliphatic rings. The van der Waals surface area contributed by atoms with E-state index in [1.54, 1.807) is 18.3 Å². The average Bonchev–Trinajstić information content (AvgIpc) is 3.31. The lowest BCUT2D eigenvalue weighted by Crippen LogP contribution is -2.25. The lowest BCUT2D eigenvalue weighted by atomic mass is 9.99. The fraction of sp³-hybridized carbons (Fsp3) is 0.250. The van der Waals surface area contributed by atoms with Gasteiger partial charge in [0.25, 0.3) is 17.9 Å². The van der Waals surface area contributed by atoms with E-state index >= 15 is 0 Å². The van der Waals surface area contributed by atoms with Gasteiger partial charge in [0.15, 0.2) is 5.69 Å². The summed E-state index contributed by atoms with van der Waals surface area (Å²) in [7, 11) is 1.52. The number of carbonyl (C=O) groups is 1. The number of ether oxygens (including phenoxy) is 1. The molecule has 198 valence electrons. The number of aromatic amines is 2. The number of rotatable bonds is 11. The fourth-order valence-corrected chi connectivity index (χ4v) is 4.31. The number of aromatic nitrogens is 3. The topological polar surface area (TPSA) is 99.9 Å². The lowest BCUT2D eigenvalue weighted by molar-refractivity contribution is 0.0943. The van der Waals surface area contributed by atoms with Crippen molar-refractivity contribution >= 4 is 5.91 Å². The Morgan fingerprint density at radius 1 is 1.00 bits per heavy atom. The number of H-pyrrole nitrogens is 2. The van der Waals surface area contributed by atoms with Crippen LogP contribution in [0.5, 0.6) is 0 Å². The van der Waals surface area contributed by atoms with Gasteiger partial charge >= 0.3 is 0 Å². The maximum atomic E-state index is 13.6. The summed E-state index contributed by atoms with van der Waals surface area (Å²) in [6.07, 6.45) is -0.436. The Hall–Kier alpha value is -4.18. The summed E-state index contributed by atoms with van der Waals surface area (Å²) in [6, 6.07) is 15.4. The second-order valence-corrected chi connectivity index (χ2v) is 8.76. The van der Waals surface area contributed by atoms with E-state index in [4.69, 9.17) is 4.74 Å². The first-order chi connectivity index (χ1) is 18.4. The smallest absolute Gasteiger partial charge is 0.272 e. The number of halogens is 3. The van der Waals surface area contributed by atoms with Gasteiger partial charge in [-0.15, -0.1) is 0 Å². The molecule has 3 N–H and O–H groups in total. The van der Waals surface area contributed by atoms with Crippen LogP contribution in [0.1, 0.15) is 61.6 Å². The highest BCUT2D eigenvalue weighted by Gasteiger charge is 2.22. The SMILES string of the molecule is COCc1[nH]nc(C(=O)NCc2cccc(CF)c2C(F)F)c1Cc1ccc(Cc2ccc[nH]c2=O)cc1. The summed E-state index contributed by atoms with van der Waals surface area (Å²) in [6.45, 7) is -1.03. The average molecular weight is 525 g/mol. The van der Waals surface area contributed by atoms with Crippen LogP contribution in [0.15, 0.2) is 65.6 Å². The summed E-state index contributed by atoms with van der Waals surface area (Å²) >= 11 is 0. The summed E-state index contributed by atoms with van der Waals surface area (Å²) < 4.78 is 45.6. The van der Waals surface area contributed by atoms with E-state index in [9.17, 15) is 22.8 Å². The molecule has 2 heterocycles. The molecule has 0 radical (unpaired) electrons. The highest BCUT2D eigenvalue weighted by atomic mass is 19.3. The van der Waals surface area contributed by atoms with Gasteiger partial charge in [-0.25, -0.2) is 13.2 Å². The van der Waals surface area contributed by atoms with Gasteiger partial charge in [0, 0.05) is 49.4 Å². The second kappa shape index (κ2) is 12.4. The standard InChI is InChI=1S/C28H27F3N4O3/c1-38-16-23-22(13-18-9-7-17(8-10-18)12-19-6-3-11-32-27(19)36)25(35-34-23)28(37)33-15-21-5-2-4-20(14-29)24(21)26(30)31/h2-11,26H,12-16H2,1H3,(H,32,36)(H,33,37)(H,34,35). The molecule has 7 nitrogen and oxygen atoms in total. The molecule has 0 saturated carbocycles. The Morgan fingerprint density at radius 3 is 2.34 bits per heavy atom. The zero-order valence-corrected chi connectivity index (χ0v) is 20.7. The molecular weight excluding hydrogens is 497 g/mol. The van der Waals surface area contributed by atoms with E-state index in [1.165, 1.54) is 25.3 Å². The monoisotopic (exact) mass is 524 g/mol. The van der Waals surface area contributed by atoms with Gasteiger partial charge in [0.2, 0.25) is 0 Å². The van der Waals surface area contributed by atoms with Gasteiger partial charge in [-0.1, -0.05) is 48.5 Å². The first-order valence-electron chi connectivity index (χ1n) is 11.9. The van der Waals surface area contributed by atoms with Crippen molar-refractivity contribution in [2.45, 2.75) is 39.1 Å². The molecule has 0 atom stereocenters. The van der Waals surface area contributed by atoms with Gasteiger partial charge < -0.3 is 15.0 Å². The highest BCUT2D eigenvalue weighted by Crippen LogP contribution is 2.28. The minimum atomic E-state index is -2.87. The van der Waals surface area contributed by atoms with E-state index < -0.39 is 24.6 Å². The number of nitrogens with zero attached hydrogens (tertiary/aromatic N) is 1. The number of methoxy groups -OCH3 is 1. The van der Waals surface area contributed by atoms with Crippen LogP contribution in [0.2, 0.25) is 0 Å². The molecule has 38 heavy (non-hydrogen) atoms. The number of carbonyl (C=O) groups excluding carboxylic acids is 1. The number of hydrogen-bond donors (Lipinski definition) is 3. The number of alkyl halides is 3. The molecule has 4 aromatic rings. The predicted molar refractivity (Wildman–Crippen MR) is 136 cm³/mol. The molecular formula is C28H27F3N4O3. The molecule has 4 rings (SSSR count). The lowest BCUT2D eigenvalue weighted by Gasteiger charge is -2.13. The van der Waals surface area contributed by atoms with Crippen molar-refractivity contribution in [1.29, 1.82) is 0 Å². The minimum Gasteiger partial charge on any atom is -0.378 e. The van der Waals surface area contributed by atoms with E-state index in [2.05, 4.69) is 20.5 Å².